The molecule has 2 aliphatic heterocycles. The van der Waals surface area contributed by atoms with Crippen molar-refractivity contribution in [3.63, 3.8) is 0 Å². The molecule has 3 heterocycles. The van der Waals surface area contributed by atoms with Crippen molar-refractivity contribution in [3.8, 4) is 17.4 Å². The van der Waals surface area contributed by atoms with Gasteiger partial charge >= 0.3 is 0 Å². The molecule has 2 aliphatic rings. The van der Waals surface area contributed by atoms with Crippen molar-refractivity contribution in [1.82, 2.24) is 4.90 Å². The third kappa shape index (κ3) is 4.17. The molecule has 1 unspecified atom stereocenters. The van der Waals surface area contributed by atoms with E-state index >= 15 is 0 Å². The Hall–Kier alpha value is -2.85. The zero-order valence-corrected chi connectivity index (χ0v) is 18.2. The van der Waals surface area contributed by atoms with Gasteiger partial charge in [-0.2, -0.15) is 5.26 Å². The first-order valence-electron chi connectivity index (χ1n) is 9.75. The molecule has 0 radical (unpaired) electrons. The number of halogens is 2. The normalized spacial score (nSPS) is 20.6. The maximum atomic E-state index is 13.1. The van der Waals surface area contributed by atoms with E-state index < -0.39 is 11.8 Å². The molecule has 0 bridgehead atoms. The van der Waals surface area contributed by atoms with Crippen LogP contribution in [0.25, 0.3) is 17.4 Å². The van der Waals surface area contributed by atoms with Gasteiger partial charge in [0.2, 0.25) is 0 Å². The number of hydrogen-bond donors (Lipinski definition) is 0. The minimum atomic E-state index is -0.592. The van der Waals surface area contributed by atoms with Crippen LogP contribution in [0.1, 0.15) is 25.5 Å². The van der Waals surface area contributed by atoms with E-state index in [4.69, 9.17) is 32.4 Å². The third-order valence-corrected chi connectivity index (χ3v) is 5.89. The van der Waals surface area contributed by atoms with Gasteiger partial charge in [-0.05, 0) is 61.7 Å². The quantitative estimate of drug-likeness (QED) is 0.475. The minimum Gasteiger partial charge on any atom is -0.457 e. The Morgan fingerprint density at radius 1 is 1.23 bits per heavy atom. The monoisotopic (exact) mass is 456 g/mol. The number of nitrogens with zero attached hydrogens (tertiary/aromatic N) is 2. The zero-order valence-electron chi connectivity index (χ0n) is 16.7. The second-order valence-electron chi connectivity index (χ2n) is 7.35. The third-order valence-electron chi connectivity index (χ3n) is 5.35. The van der Waals surface area contributed by atoms with E-state index in [0.29, 0.717) is 39.3 Å². The van der Waals surface area contributed by atoms with Crippen molar-refractivity contribution in [2.24, 2.45) is 0 Å². The second kappa shape index (κ2) is 8.72. The molecule has 2 amide bonds. The molecule has 1 aromatic carbocycles. The van der Waals surface area contributed by atoms with Crippen molar-refractivity contribution in [2.75, 3.05) is 13.2 Å². The Kier molecular flexibility index (Phi) is 6.01. The summed E-state index contributed by atoms with van der Waals surface area (Å²) in [6, 6.07) is 10.4. The number of nitriles is 1. The predicted octanol–water partition coefficient (Wildman–Crippen LogP) is 5.02. The lowest BCUT2D eigenvalue weighted by molar-refractivity contribution is -0.142. The summed E-state index contributed by atoms with van der Waals surface area (Å²) in [5.74, 6) is -0.163. The molecule has 1 fully saturated rings. The van der Waals surface area contributed by atoms with E-state index in [-0.39, 0.29) is 23.8 Å². The molecule has 1 saturated heterocycles. The van der Waals surface area contributed by atoms with Crippen LogP contribution < -0.4 is 0 Å². The first kappa shape index (κ1) is 21.4. The van der Waals surface area contributed by atoms with Crippen LogP contribution in [0.15, 0.2) is 51.5 Å². The lowest BCUT2D eigenvalue weighted by Gasteiger charge is -2.29. The van der Waals surface area contributed by atoms with Crippen LogP contribution in [0.3, 0.4) is 0 Å². The van der Waals surface area contributed by atoms with Gasteiger partial charge in [-0.15, -0.1) is 0 Å². The van der Waals surface area contributed by atoms with Gasteiger partial charge in [0.1, 0.15) is 23.2 Å². The van der Waals surface area contributed by atoms with Gasteiger partial charge in [-0.3, -0.25) is 14.5 Å². The number of carbonyl (C=O) groups excluding carboxylic acids is 2. The molecule has 8 heteroatoms. The number of furan rings is 1. The number of imide groups is 1. The number of carbonyl (C=O) groups is 2. The maximum Gasteiger partial charge on any atom is 0.271 e. The number of rotatable bonds is 4. The SMILES string of the molecule is CC1=C(C#N)C(=O)N(CC2CCCO2)C(=O)/C1=C/c1ccc(-c2ccc(Cl)cc2Cl)o1. The Morgan fingerprint density at radius 2 is 2.03 bits per heavy atom. The fourth-order valence-corrected chi connectivity index (χ4v) is 4.20. The molecule has 6 nitrogen and oxygen atoms in total. The van der Waals surface area contributed by atoms with E-state index in [1.807, 2.05) is 6.07 Å². The summed E-state index contributed by atoms with van der Waals surface area (Å²) in [7, 11) is 0. The van der Waals surface area contributed by atoms with E-state index in [0.717, 1.165) is 17.7 Å². The maximum absolute atomic E-state index is 13.1. The van der Waals surface area contributed by atoms with Gasteiger partial charge in [-0.25, -0.2) is 0 Å². The summed E-state index contributed by atoms with van der Waals surface area (Å²) in [4.78, 5) is 26.9. The number of amides is 2. The highest BCUT2D eigenvalue weighted by atomic mass is 35.5. The highest BCUT2D eigenvalue weighted by Gasteiger charge is 2.37. The topological polar surface area (TPSA) is 83.5 Å². The predicted molar refractivity (Wildman–Crippen MR) is 116 cm³/mol. The van der Waals surface area contributed by atoms with E-state index in [9.17, 15) is 14.9 Å². The smallest absolute Gasteiger partial charge is 0.271 e. The van der Waals surface area contributed by atoms with Gasteiger partial charge in [0.05, 0.1) is 17.7 Å². The molecular formula is C23H18Cl2N2O4. The van der Waals surface area contributed by atoms with Gasteiger partial charge in [-0.1, -0.05) is 23.2 Å². The van der Waals surface area contributed by atoms with Crippen molar-refractivity contribution < 1.29 is 18.7 Å². The zero-order chi connectivity index (χ0) is 22.1. The lowest BCUT2D eigenvalue weighted by atomic mass is 9.94. The van der Waals surface area contributed by atoms with Gasteiger partial charge < -0.3 is 9.15 Å². The fourth-order valence-electron chi connectivity index (χ4n) is 3.69. The molecule has 0 saturated carbocycles. The summed E-state index contributed by atoms with van der Waals surface area (Å²) < 4.78 is 11.4. The van der Waals surface area contributed by atoms with E-state index in [1.54, 1.807) is 37.3 Å². The molecule has 31 heavy (non-hydrogen) atoms. The second-order valence-corrected chi connectivity index (χ2v) is 8.20. The van der Waals surface area contributed by atoms with Crippen molar-refractivity contribution in [2.45, 2.75) is 25.9 Å². The summed E-state index contributed by atoms with van der Waals surface area (Å²) in [6.45, 7) is 2.31. The molecular weight excluding hydrogens is 439 g/mol. The van der Waals surface area contributed by atoms with Crippen molar-refractivity contribution >= 4 is 41.1 Å². The fraction of sp³-hybridized carbons (Fsp3) is 0.261. The molecule has 0 spiro atoms. The van der Waals surface area contributed by atoms with Gasteiger partial charge in [0.25, 0.3) is 11.8 Å². The van der Waals surface area contributed by atoms with Crippen LogP contribution in [-0.4, -0.2) is 36.0 Å². The lowest BCUT2D eigenvalue weighted by Crippen LogP contribution is -2.46. The molecule has 158 valence electrons. The molecule has 2 aromatic rings. The molecule has 0 aliphatic carbocycles. The molecule has 1 aromatic heterocycles. The molecule has 1 atom stereocenters. The van der Waals surface area contributed by atoms with Crippen LogP contribution in [-0.2, 0) is 14.3 Å². The highest BCUT2D eigenvalue weighted by molar-refractivity contribution is 6.36. The van der Waals surface area contributed by atoms with Crippen LogP contribution in [0, 0.1) is 11.3 Å². The average molecular weight is 457 g/mol. The minimum absolute atomic E-state index is 0.0589. The first-order valence-corrected chi connectivity index (χ1v) is 10.5. The summed E-state index contributed by atoms with van der Waals surface area (Å²) in [5, 5.41) is 10.5. The van der Waals surface area contributed by atoms with Gasteiger partial charge in [0, 0.05) is 22.8 Å². The van der Waals surface area contributed by atoms with E-state index in [1.165, 1.54) is 6.08 Å². The van der Waals surface area contributed by atoms with Crippen LogP contribution in [0.5, 0.6) is 0 Å². The summed E-state index contributed by atoms with van der Waals surface area (Å²) in [6.07, 6.45) is 2.97. The summed E-state index contributed by atoms with van der Waals surface area (Å²) >= 11 is 12.2. The largest absolute Gasteiger partial charge is 0.457 e. The number of benzene rings is 1. The highest BCUT2D eigenvalue weighted by Crippen LogP contribution is 2.33. The van der Waals surface area contributed by atoms with Crippen molar-refractivity contribution in [1.29, 1.82) is 5.26 Å². The number of ether oxygens (including phenoxy) is 1. The molecule has 0 N–H and O–H groups in total. The Morgan fingerprint density at radius 3 is 2.71 bits per heavy atom. The number of hydrogen-bond acceptors (Lipinski definition) is 5. The Balaban J connectivity index is 1.69. The molecule has 4 rings (SSSR count). The Bertz CT molecular complexity index is 1170. The van der Waals surface area contributed by atoms with E-state index in [2.05, 4.69) is 0 Å². The standard InChI is InChI=1S/C23H18Cl2N2O4/c1-13-18(10-15-5-7-21(31-15)17-6-4-14(24)9-20(17)25)22(28)27(23(29)19(13)11-26)12-16-3-2-8-30-16/h4-7,9-10,16H,2-3,8,12H2,1H3/b18-10+. The van der Waals surface area contributed by atoms with Crippen molar-refractivity contribution in [3.05, 3.63) is 62.9 Å². The first-order chi connectivity index (χ1) is 14.9. The summed E-state index contributed by atoms with van der Waals surface area (Å²) in [5.41, 5.74) is 1.16. The average Bonchev–Trinajstić information content (AvgIpc) is 3.41. The van der Waals surface area contributed by atoms with Crippen LogP contribution in [0.2, 0.25) is 10.0 Å². The van der Waals surface area contributed by atoms with Crippen LogP contribution >= 0.6 is 23.2 Å². The van der Waals surface area contributed by atoms with Gasteiger partial charge in [0.15, 0.2) is 0 Å². The van der Waals surface area contributed by atoms with Crippen LogP contribution in [0.4, 0.5) is 0 Å². The Labute approximate surface area is 189 Å².